The van der Waals surface area contributed by atoms with Gasteiger partial charge in [-0.3, -0.25) is 4.31 Å². The first-order valence-corrected chi connectivity index (χ1v) is 8.80. The Bertz CT molecular complexity index is 720. The highest BCUT2D eigenvalue weighted by atomic mass is 32.2. The van der Waals surface area contributed by atoms with Crippen LogP contribution in [0.3, 0.4) is 0 Å². The molecule has 1 N–H and O–H groups in total. The first-order chi connectivity index (χ1) is 10.9. The second-order valence-electron chi connectivity index (χ2n) is 5.05. The third kappa shape index (κ3) is 5.22. The highest BCUT2D eigenvalue weighted by molar-refractivity contribution is 7.92. The summed E-state index contributed by atoms with van der Waals surface area (Å²) in [6.07, 6.45) is -0.00352. The zero-order chi connectivity index (χ0) is 16.9. The van der Waals surface area contributed by atoms with E-state index >= 15 is 0 Å². The Balaban J connectivity index is 2.04. The van der Waals surface area contributed by atoms with Crippen LogP contribution in [-0.2, 0) is 10.0 Å². The molecule has 0 spiro atoms. The molecule has 23 heavy (non-hydrogen) atoms. The largest absolute Gasteiger partial charge is 0.491 e. The van der Waals surface area contributed by atoms with Crippen LogP contribution in [0.1, 0.15) is 0 Å². The average molecular weight is 339 g/mol. The minimum absolute atomic E-state index is 0.0583. The van der Waals surface area contributed by atoms with Gasteiger partial charge in [-0.15, -0.1) is 0 Å². The third-order valence-electron chi connectivity index (χ3n) is 3.08. The zero-order valence-corrected chi connectivity index (χ0v) is 13.4. The minimum atomic E-state index is -3.61. The van der Waals surface area contributed by atoms with Crippen LogP contribution in [0.2, 0.25) is 0 Å². The van der Waals surface area contributed by atoms with Crippen molar-refractivity contribution in [1.82, 2.24) is 0 Å². The number of aliphatic hydroxyl groups is 1. The summed E-state index contributed by atoms with van der Waals surface area (Å²) >= 11 is 0. The van der Waals surface area contributed by atoms with Crippen molar-refractivity contribution < 1.29 is 22.7 Å². The molecule has 7 heteroatoms. The standard InChI is InChI=1S/C16H18FNO4S/c1-23(20,21)18(14-9-7-13(17)8-10-14)11-15(19)12-22-16-5-3-2-4-6-16/h2-10,15,19H,11-12H2,1H3/t15-/m1/s1. The summed E-state index contributed by atoms with van der Waals surface area (Å²) in [6.45, 7) is -0.242. The number of para-hydroxylation sites is 1. The van der Waals surface area contributed by atoms with Gasteiger partial charge in [0.2, 0.25) is 10.0 Å². The average Bonchev–Trinajstić information content (AvgIpc) is 2.52. The molecule has 0 aliphatic heterocycles. The quantitative estimate of drug-likeness (QED) is 0.838. The van der Waals surface area contributed by atoms with Gasteiger partial charge in [0.25, 0.3) is 0 Å². The van der Waals surface area contributed by atoms with Gasteiger partial charge in [0, 0.05) is 0 Å². The third-order valence-corrected chi connectivity index (χ3v) is 4.24. The molecule has 0 fully saturated rings. The lowest BCUT2D eigenvalue weighted by Gasteiger charge is -2.25. The van der Waals surface area contributed by atoms with Crippen molar-refractivity contribution in [1.29, 1.82) is 0 Å². The molecule has 0 aromatic heterocycles. The van der Waals surface area contributed by atoms with E-state index in [9.17, 15) is 17.9 Å². The smallest absolute Gasteiger partial charge is 0.232 e. The highest BCUT2D eigenvalue weighted by Gasteiger charge is 2.21. The molecular weight excluding hydrogens is 321 g/mol. The van der Waals surface area contributed by atoms with Crippen LogP contribution in [0.5, 0.6) is 5.75 Å². The predicted molar refractivity (Wildman–Crippen MR) is 86.5 cm³/mol. The van der Waals surface area contributed by atoms with Crippen molar-refractivity contribution in [2.75, 3.05) is 23.7 Å². The van der Waals surface area contributed by atoms with Gasteiger partial charge in [-0.25, -0.2) is 12.8 Å². The molecule has 0 aliphatic rings. The van der Waals surface area contributed by atoms with E-state index in [0.29, 0.717) is 5.75 Å². The van der Waals surface area contributed by atoms with E-state index in [1.807, 2.05) is 6.07 Å². The fraction of sp³-hybridized carbons (Fsp3) is 0.250. The Morgan fingerprint density at radius 1 is 1.13 bits per heavy atom. The van der Waals surface area contributed by atoms with Crippen LogP contribution in [-0.4, -0.2) is 39.0 Å². The molecule has 2 aromatic carbocycles. The number of benzene rings is 2. The normalized spacial score (nSPS) is 12.7. The van der Waals surface area contributed by atoms with Gasteiger partial charge in [0.1, 0.15) is 24.3 Å². The number of sulfonamides is 1. The van der Waals surface area contributed by atoms with Gasteiger partial charge < -0.3 is 9.84 Å². The number of anilines is 1. The zero-order valence-electron chi connectivity index (χ0n) is 12.6. The van der Waals surface area contributed by atoms with E-state index in [-0.39, 0.29) is 18.8 Å². The molecule has 0 aliphatic carbocycles. The van der Waals surface area contributed by atoms with Gasteiger partial charge >= 0.3 is 0 Å². The predicted octanol–water partition coefficient (Wildman–Crippen LogP) is 2.03. The summed E-state index contributed by atoms with van der Waals surface area (Å²) in [7, 11) is -3.61. The molecule has 0 bridgehead atoms. The summed E-state index contributed by atoms with van der Waals surface area (Å²) in [5.74, 6) is 0.120. The maximum Gasteiger partial charge on any atom is 0.232 e. The number of ether oxygens (including phenoxy) is 1. The molecule has 0 saturated carbocycles. The van der Waals surface area contributed by atoms with Crippen molar-refractivity contribution in [2.24, 2.45) is 0 Å². The van der Waals surface area contributed by atoms with Crippen molar-refractivity contribution in [3.05, 3.63) is 60.4 Å². The lowest BCUT2D eigenvalue weighted by Crippen LogP contribution is -2.39. The molecule has 0 heterocycles. The van der Waals surface area contributed by atoms with E-state index in [1.54, 1.807) is 24.3 Å². The van der Waals surface area contributed by atoms with Gasteiger partial charge in [0.05, 0.1) is 18.5 Å². The van der Waals surface area contributed by atoms with E-state index in [0.717, 1.165) is 10.6 Å². The van der Waals surface area contributed by atoms with Gasteiger partial charge in [-0.2, -0.15) is 0 Å². The monoisotopic (exact) mass is 339 g/mol. The Labute approximate surface area is 135 Å². The Morgan fingerprint density at radius 2 is 1.74 bits per heavy atom. The van der Waals surface area contributed by atoms with Crippen LogP contribution in [0, 0.1) is 5.82 Å². The van der Waals surface area contributed by atoms with Gasteiger partial charge in [-0.1, -0.05) is 18.2 Å². The Kier molecular flexibility index (Phi) is 5.57. The maximum atomic E-state index is 13.0. The Hall–Kier alpha value is -2.12. The summed E-state index contributed by atoms with van der Waals surface area (Å²) in [5.41, 5.74) is 0.285. The summed E-state index contributed by atoms with van der Waals surface area (Å²) in [6, 6.07) is 13.9. The summed E-state index contributed by atoms with van der Waals surface area (Å²) < 4.78 is 43.2. The lowest BCUT2D eigenvalue weighted by molar-refractivity contribution is 0.115. The molecular formula is C16H18FNO4S. The molecule has 2 aromatic rings. The maximum absolute atomic E-state index is 13.0. The fourth-order valence-corrected chi connectivity index (χ4v) is 2.94. The fourth-order valence-electron chi connectivity index (χ4n) is 1.99. The Morgan fingerprint density at radius 3 is 2.30 bits per heavy atom. The van der Waals surface area contributed by atoms with Gasteiger partial charge in [0.15, 0.2) is 0 Å². The van der Waals surface area contributed by atoms with Crippen LogP contribution in [0.4, 0.5) is 10.1 Å². The van der Waals surface area contributed by atoms with Gasteiger partial charge in [-0.05, 0) is 36.4 Å². The van der Waals surface area contributed by atoms with E-state index in [1.165, 1.54) is 24.3 Å². The molecule has 124 valence electrons. The molecule has 5 nitrogen and oxygen atoms in total. The number of rotatable bonds is 7. The van der Waals surface area contributed by atoms with Crippen molar-refractivity contribution in [3.8, 4) is 5.75 Å². The summed E-state index contributed by atoms with van der Waals surface area (Å²) in [4.78, 5) is 0. The van der Waals surface area contributed by atoms with Crippen LogP contribution < -0.4 is 9.04 Å². The molecule has 2 rings (SSSR count). The van der Waals surface area contributed by atoms with Crippen molar-refractivity contribution in [3.63, 3.8) is 0 Å². The molecule has 0 radical (unpaired) electrons. The van der Waals surface area contributed by atoms with Crippen LogP contribution in [0.25, 0.3) is 0 Å². The molecule has 0 amide bonds. The van der Waals surface area contributed by atoms with Crippen molar-refractivity contribution in [2.45, 2.75) is 6.10 Å². The number of hydrogen-bond acceptors (Lipinski definition) is 4. The molecule has 0 unspecified atom stereocenters. The first kappa shape index (κ1) is 17.2. The topological polar surface area (TPSA) is 66.8 Å². The van der Waals surface area contributed by atoms with Crippen LogP contribution >= 0.6 is 0 Å². The SMILES string of the molecule is CS(=O)(=O)N(C[C@@H](O)COc1ccccc1)c1ccc(F)cc1. The second-order valence-corrected chi connectivity index (χ2v) is 6.96. The minimum Gasteiger partial charge on any atom is -0.491 e. The molecule has 1 atom stereocenters. The van der Waals surface area contributed by atoms with E-state index in [4.69, 9.17) is 4.74 Å². The van der Waals surface area contributed by atoms with E-state index < -0.39 is 21.9 Å². The molecule has 0 saturated heterocycles. The summed E-state index contributed by atoms with van der Waals surface area (Å²) in [5, 5.41) is 10.1. The second kappa shape index (κ2) is 7.43. The number of hydrogen-bond donors (Lipinski definition) is 1. The lowest BCUT2D eigenvalue weighted by atomic mass is 10.3. The highest BCUT2D eigenvalue weighted by Crippen LogP contribution is 2.18. The number of nitrogens with zero attached hydrogens (tertiary/aromatic N) is 1. The van der Waals surface area contributed by atoms with Crippen LogP contribution in [0.15, 0.2) is 54.6 Å². The van der Waals surface area contributed by atoms with E-state index in [2.05, 4.69) is 0 Å². The number of halogens is 1. The van der Waals surface area contributed by atoms with Crippen molar-refractivity contribution >= 4 is 15.7 Å². The first-order valence-electron chi connectivity index (χ1n) is 6.95. The number of aliphatic hydroxyl groups excluding tert-OH is 1.